The molecule has 2 aromatic rings. The molecule has 4 rings (SSSR count). The standard InChI is InChI=1S/C23H28F3N7O4/c1-31-18-4-2-13(8-17(18)29-30-31)10-28-21(36)19-9-14(23(24,25)26)11-33(19)22(37)16(27)3-5-20(35)32-7-6-15(34)12-32/h2,4,8,14,16,19H,3,5-7,9-12,27H2,1H3,(H,28,36). The van der Waals surface area contributed by atoms with Crippen LogP contribution in [-0.4, -0.2) is 86.2 Å². The van der Waals surface area contributed by atoms with Crippen molar-refractivity contribution in [1.29, 1.82) is 0 Å². The molecular weight excluding hydrogens is 495 g/mol. The van der Waals surface area contributed by atoms with Crippen LogP contribution in [0.5, 0.6) is 0 Å². The highest BCUT2D eigenvalue weighted by atomic mass is 19.4. The van der Waals surface area contributed by atoms with Crippen molar-refractivity contribution in [2.75, 3.05) is 19.6 Å². The SMILES string of the molecule is Cn1nnc2cc(CNC(=O)C3CC(C(F)(F)F)CN3C(=O)C(N)CCC(=O)N3CCC(=O)C3)ccc21. The zero-order chi connectivity index (χ0) is 26.9. The van der Waals surface area contributed by atoms with Gasteiger partial charge in [0.1, 0.15) is 11.6 Å². The Hall–Kier alpha value is -3.55. The van der Waals surface area contributed by atoms with Crippen LogP contribution in [0.2, 0.25) is 0 Å². The maximum Gasteiger partial charge on any atom is 0.393 e. The number of carbonyl (C=O) groups is 4. The number of fused-ring (bicyclic) bond motifs is 1. The van der Waals surface area contributed by atoms with Crippen molar-refractivity contribution in [3.63, 3.8) is 0 Å². The quantitative estimate of drug-likeness (QED) is 0.530. The summed E-state index contributed by atoms with van der Waals surface area (Å²) in [6.45, 7) is -0.358. The van der Waals surface area contributed by atoms with Crippen LogP contribution in [0.25, 0.3) is 11.0 Å². The van der Waals surface area contributed by atoms with Gasteiger partial charge in [-0.3, -0.25) is 19.2 Å². The molecule has 2 fully saturated rings. The van der Waals surface area contributed by atoms with E-state index in [0.29, 0.717) is 17.6 Å². The number of alkyl halides is 3. The van der Waals surface area contributed by atoms with E-state index >= 15 is 0 Å². The Morgan fingerprint density at radius 3 is 2.70 bits per heavy atom. The highest BCUT2D eigenvalue weighted by Crippen LogP contribution is 2.37. The van der Waals surface area contributed by atoms with E-state index in [-0.39, 0.29) is 44.0 Å². The second kappa shape index (κ2) is 10.4. The van der Waals surface area contributed by atoms with Crippen molar-refractivity contribution in [2.24, 2.45) is 18.7 Å². The third kappa shape index (κ3) is 5.89. The third-order valence-corrected chi connectivity index (χ3v) is 6.86. The number of halogens is 3. The highest BCUT2D eigenvalue weighted by molar-refractivity contribution is 5.92. The lowest BCUT2D eigenvalue weighted by Gasteiger charge is -2.27. The van der Waals surface area contributed by atoms with Crippen LogP contribution < -0.4 is 11.1 Å². The van der Waals surface area contributed by atoms with Gasteiger partial charge in [-0.2, -0.15) is 13.2 Å². The second-order valence-electron chi connectivity index (χ2n) is 9.48. The Bertz CT molecular complexity index is 1210. The summed E-state index contributed by atoms with van der Waals surface area (Å²) in [5.74, 6) is -3.82. The number of ketones is 1. The lowest BCUT2D eigenvalue weighted by Crippen LogP contribution is -2.51. The van der Waals surface area contributed by atoms with Crippen molar-refractivity contribution in [3.05, 3.63) is 23.8 Å². The molecule has 11 nitrogen and oxygen atoms in total. The molecule has 2 saturated heterocycles. The molecule has 0 spiro atoms. The van der Waals surface area contributed by atoms with E-state index in [4.69, 9.17) is 5.73 Å². The topological polar surface area (TPSA) is 144 Å². The smallest absolute Gasteiger partial charge is 0.350 e. The Labute approximate surface area is 210 Å². The number of aromatic nitrogens is 3. The number of nitrogens with one attached hydrogen (secondary N) is 1. The van der Waals surface area contributed by atoms with Gasteiger partial charge in [-0.15, -0.1) is 5.10 Å². The van der Waals surface area contributed by atoms with Crippen molar-refractivity contribution < 1.29 is 32.3 Å². The molecule has 0 bridgehead atoms. The van der Waals surface area contributed by atoms with Crippen molar-refractivity contribution in [1.82, 2.24) is 30.1 Å². The number of Topliss-reactive ketones (excluding diaryl/α,β-unsaturated/α-hetero) is 1. The first-order chi connectivity index (χ1) is 17.4. The number of nitrogens with two attached hydrogens (primary N) is 1. The molecular formula is C23H28F3N7O4. The van der Waals surface area contributed by atoms with E-state index in [1.54, 1.807) is 29.9 Å². The number of carbonyl (C=O) groups excluding carboxylic acids is 4. The zero-order valence-corrected chi connectivity index (χ0v) is 20.2. The van der Waals surface area contributed by atoms with E-state index < -0.39 is 49.0 Å². The number of nitrogens with zero attached hydrogens (tertiary/aromatic N) is 5. The van der Waals surface area contributed by atoms with Crippen molar-refractivity contribution >= 4 is 34.5 Å². The highest BCUT2D eigenvalue weighted by Gasteiger charge is 2.51. The molecule has 0 saturated carbocycles. The summed E-state index contributed by atoms with van der Waals surface area (Å²) in [5, 5.41) is 10.5. The first-order valence-corrected chi connectivity index (χ1v) is 11.9. The second-order valence-corrected chi connectivity index (χ2v) is 9.48. The normalized spacial score (nSPS) is 21.1. The number of benzene rings is 1. The molecule has 3 atom stereocenters. The maximum absolute atomic E-state index is 13.5. The Kier molecular flexibility index (Phi) is 7.48. The average molecular weight is 524 g/mol. The Morgan fingerprint density at radius 2 is 2.03 bits per heavy atom. The van der Waals surface area contributed by atoms with Crippen LogP contribution in [0, 0.1) is 5.92 Å². The molecule has 14 heteroatoms. The minimum atomic E-state index is -4.59. The minimum absolute atomic E-state index is 0.00737. The molecule has 200 valence electrons. The number of amides is 3. The summed E-state index contributed by atoms with van der Waals surface area (Å²) in [7, 11) is 1.73. The van der Waals surface area contributed by atoms with Crippen molar-refractivity contribution in [2.45, 2.75) is 50.5 Å². The van der Waals surface area contributed by atoms with Crippen LogP contribution in [-0.2, 0) is 32.8 Å². The molecule has 2 aliphatic rings. The Morgan fingerprint density at radius 1 is 1.27 bits per heavy atom. The van der Waals surface area contributed by atoms with Crippen LogP contribution >= 0.6 is 0 Å². The Balaban J connectivity index is 1.39. The van der Waals surface area contributed by atoms with Gasteiger partial charge in [0.25, 0.3) is 0 Å². The molecule has 1 aromatic carbocycles. The summed E-state index contributed by atoms with van der Waals surface area (Å²) in [6, 6.07) is 2.60. The van der Waals surface area contributed by atoms with E-state index in [1.165, 1.54) is 4.90 Å². The predicted octanol–water partition coefficient (Wildman–Crippen LogP) is 0.273. The number of hydrogen-bond acceptors (Lipinski definition) is 7. The summed E-state index contributed by atoms with van der Waals surface area (Å²) in [4.78, 5) is 51.8. The number of likely N-dealkylation sites (tertiary alicyclic amines) is 2. The monoisotopic (exact) mass is 523 g/mol. The molecule has 0 aliphatic carbocycles. The summed E-state index contributed by atoms with van der Waals surface area (Å²) in [5.41, 5.74) is 8.00. The lowest BCUT2D eigenvalue weighted by molar-refractivity contribution is -0.171. The first-order valence-electron chi connectivity index (χ1n) is 11.9. The third-order valence-electron chi connectivity index (χ3n) is 6.86. The van der Waals surface area contributed by atoms with E-state index in [2.05, 4.69) is 15.6 Å². The van der Waals surface area contributed by atoms with Crippen molar-refractivity contribution in [3.8, 4) is 0 Å². The number of aryl methyl sites for hydroxylation is 1. The van der Waals surface area contributed by atoms with E-state index in [1.807, 2.05) is 0 Å². The van der Waals surface area contributed by atoms with Crippen LogP contribution in [0.1, 0.15) is 31.2 Å². The summed E-state index contributed by atoms with van der Waals surface area (Å²) in [6.07, 6.45) is -5.13. The molecule has 3 heterocycles. The van der Waals surface area contributed by atoms with Gasteiger partial charge in [0.05, 0.1) is 24.0 Å². The number of hydrogen-bond donors (Lipinski definition) is 2. The largest absolute Gasteiger partial charge is 0.393 e. The van der Waals surface area contributed by atoms with Crippen LogP contribution in [0.4, 0.5) is 13.2 Å². The minimum Gasteiger partial charge on any atom is -0.350 e. The van der Waals surface area contributed by atoms with Gasteiger partial charge in [-0.1, -0.05) is 11.3 Å². The molecule has 37 heavy (non-hydrogen) atoms. The summed E-state index contributed by atoms with van der Waals surface area (Å²) < 4.78 is 42.1. The summed E-state index contributed by atoms with van der Waals surface area (Å²) >= 11 is 0. The fourth-order valence-corrected chi connectivity index (χ4v) is 4.69. The first kappa shape index (κ1) is 26.5. The molecule has 2 aliphatic heterocycles. The van der Waals surface area contributed by atoms with Gasteiger partial charge in [0.2, 0.25) is 17.7 Å². The fraction of sp³-hybridized carbons (Fsp3) is 0.565. The van der Waals surface area contributed by atoms with Crippen LogP contribution in [0.15, 0.2) is 18.2 Å². The zero-order valence-electron chi connectivity index (χ0n) is 20.2. The maximum atomic E-state index is 13.5. The van der Waals surface area contributed by atoms with Gasteiger partial charge < -0.3 is 20.9 Å². The van der Waals surface area contributed by atoms with Gasteiger partial charge in [-0.25, -0.2) is 4.68 Å². The predicted molar refractivity (Wildman–Crippen MR) is 123 cm³/mol. The average Bonchev–Trinajstić information content (AvgIpc) is 3.58. The van der Waals surface area contributed by atoms with E-state index in [0.717, 1.165) is 10.4 Å². The molecule has 3 N–H and O–H groups in total. The van der Waals surface area contributed by atoms with Gasteiger partial charge in [0.15, 0.2) is 5.78 Å². The molecule has 0 radical (unpaired) electrons. The van der Waals surface area contributed by atoms with Gasteiger partial charge >= 0.3 is 6.18 Å². The fourth-order valence-electron chi connectivity index (χ4n) is 4.69. The van der Waals surface area contributed by atoms with Gasteiger partial charge in [-0.05, 0) is 30.5 Å². The lowest BCUT2D eigenvalue weighted by atomic mass is 10.0. The molecule has 1 aromatic heterocycles. The number of rotatable bonds is 7. The van der Waals surface area contributed by atoms with Crippen LogP contribution in [0.3, 0.4) is 0 Å². The molecule has 3 unspecified atom stereocenters. The molecule has 3 amide bonds. The van der Waals surface area contributed by atoms with Gasteiger partial charge in [0, 0.05) is 39.5 Å². The van der Waals surface area contributed by atoms with E-state index in [9.17, 15) is 32.3 Å².